The van der Waals surface area contributed by atoms with E-state index in [0.29, 0.717) is 30.0 Å². The molecular formula is C24H32N2O3. The first-order valence-electron chi connectivity index (χ1n) is 10.0. The Kier molecular flexibility index (Phi) is 8.74. The van der Waals surface area contributed by atoms with Crippen molar-refractivity contribution < 1.29 is 14.3 Å². The van der Waals surface area contributed by atoms with Crippen LogP contribution < -0.4 is 14.8 Å². The molecule has 0 radical (unpaired) electrons. The van der Waals surface area contributed by atoms with Crippen molar-refractivity contribution in [3.05, 3.63) is 71.8 Å². The smallest absolute Gasteiger partial charge is 0.251 e. The summed E-state index contributed by atoms with van der Waals surface area (Å²) in [5, 5.41) is 3.10. The Labute approximate surface area is 174 Å². The highest BCUT2D eigenvalue weighted by Crippen LogP contribution is 2.33. The van der Waals surface area contributed by atoms with Gasteiger partial charge in [0.15, 0.2) is 11.5 Å². The molecule has 1 N–H and O–H groups in total. The minimum absolute atomic E-state index is 0.114. The van der Waals surface area contributed by atoms with Crippen molar-refractivity contribution in [2.24, 2.45) is 0 Å². The van der Waals surface area contributed by atoms with Crippen molar-refractivity contribution in [1.29, 1.82) is 0 Å². The Morgan fingerprint density at radius 2 is 1.83 bits per heavy atom. The third-order valence-electron chi connectivity index (χ3n) is 5.08. The molecule has 1 atom stereocenters. The highest BCUT2D eigenvalue weighted by Gasteiger charge is 2.20. The molecule has 29 heavy (non-hydrogen) atoms. The van der Waals surface area contributed by atoms with Crippen LogP contribution in [0.5, 0.6) is 11.5 Å². The largest absolute Gasteiger partial charge is 0.493 e. The first-order valence-corrected chi connectivity index (χ1v) is 10.0. The van der Waals surface area contributed by atoms with E-state index in [-0.39, 0.29) is 11.9 Å². The molecule has 5 heteroatoms. The quantitative estimate of drug-likeness (QED) is 0.577. The number of ether oxygens (including phenoxy) is 2. The maximum Gasteiger partial charge on any atom is 0.251 e. The fourth-order valence-corrected chi connectivity index (χ4v) is 3.57. The van der Waals surface area contributed by atoms with E-state index >= 15 is 0 Å². The predicted octanol–water partition coefficient (Wildman–Crippen LogP) is 4.25. The molecule has 2 rings (SSSR count). The minimum atomic E-state index is -0.135. The Hall–Kier alpha value is -2.79. The summed E-state index contributed by atoms with van der Waals surface area (Å²) in [6, 6.07) is 14.0. The van der Waals surface area contributed by atoms with Crippen LogP contribution in [0.1, 0.15) is 41.4 Å². The zero-order valence-corrected chi connectivity index (χ0v) is 17.9. The topological polar surface area (TPSA) is 50.8 Å². The predicted molar refractivity (Wildman–Crippen MR) is 118 cm³/mol. The van der Waals surface area contributed by atoms with Crippen molar-refractivity contribution in [3.8, 4) is 11.5 Å². The SMILES string of the molecule is C=CCc1cc(C(=O)NCC(c2ccccc2)N(CC)CC)cc(OC)c1OC. The van der Waals surface area contributed by atoms with Gasteiger partial charge in [0, 0.05) is 17.7 Å². The van der Waals surface area contributed by atoms with Crippen molar-refractivity contribution in [2.45, 2.75) is 26.3 Å². The van der Waals surface area contributed by atoms with Crippen LogP contribution in [-0.2, 0) is 6.42 Å². The van der Waals surface area contributed by atoms with E-state index in [1.165, 1.54) is 5.56 Å². The first kappa shape index (κ1) is 22.5. The third kappa shape index (κ3) is 5.61. The molecular weight excluding hydrogens is 364 g/mol. The van der Waals surface area contributed by atoms with Gasteiger partial charge in [-0.1, -0.05) is 50.3 Å². The molecule has 0 saturated carbocycles. The number of benzene rings is 2. The molecule has 2 aromatic carbocycles. The van der Waals surface area contributed by atoms with E-state index < -0.39 is 0 Å². The number of carbonyl (C=O) groups excluding carboxylic acids is 1. The maximum atomic E-state index is 13.0. The molecule has 0 fully saturated rings. The van der Waals surface area contributed by atoms with Crippen LogP contribution in [0.15, 0.2) is 55.1 Å². The second-order valence-electron chi connectivity index (χ2n) is 6.72. The number of nitrogens with zero attached hydrogens (tertiary/aromatic N) is 1. The van der Waals surface area contributed by atoms with Gasteiger partial charge in [0.2, 0.25) is 0 Å². The Morgan fingerprint density at radius 3 is 2.38 bits per heavy atom. The lowest BCUT2D eigenvalue weighted by molar-refractivity contribution is 0.0934. The van der Waals surface area contributed by atoms with E-state index in [0.717, 1.165) is 18.7 Å². The molecule has 5 nitrogen and oxygen atoms in total. The van der Waals surface area contributed by atoms with Gasteiger partial charge in [-0.05, 0) is 37.2 Å². The van der Waals surface area contributed by atoms with Gasteiger partial charge in [-0.15, -0.1) is 6.58 Å². The van der Waals surface area contributed by atoms with Crippen LogP contribution in [0, 0.1) is 0 Å². The van der Waals surface area contributed by atoms with E-state index in [1.807, 2.05) is 24.3 Å². The number of nitrogens with one attached hydrogen (secondary N) is 1. The Morgan fingerprint density at radius 1 is 1.14 bits per heavy atom. The molecule has 0 aromatic heterocycles. The van der Waals surface area contributed by atoms with Gasteiger partial charge in [0.1, 0.15) is 0 Å². The number of rotatable bonds is 11. The molecule has 0 spiro atoms. The second kappa shape index (κ2) is 11.3. The fourth-order valence-electron chi connectivity index (χ4n) is 3.57. The zero-order chi connectivity index (χ0) is 21.2. The summed E-state index contributed by atoms with van der Waals surface area (Å²) in [4.78, 5) is 15.3. The number of amides is 1. The molecule has 0 aliphatic rings. The summed E-state index contributed by atoms with van der Waals surface area (Å²) >= 11 is 0. The van der Waals surface area contributed by atoms with Crippen LogP contribution in [0.4, 0.5) is 0 Å². The van der Waals surface area contributed by atoms with Crippen LogP contribution in [-0.4, -0.2) is 44.7 Å². The number of likely N-dealkylation sites (N-methyl/N-ethyl adjacent to an activating group) is 1. The number of allylic oxidation sites excluding steroid dienone is 1. The lowest BCUT2D eigenvalue weighted by atomic mass is 10.0. The second-order valence-corrected chi connectivity index (χ2v) is 6.72. The maximum absolute atomic E-state index is 13.0. The highest BCUT2D eigenvalue weighted by molar-refractivity contribution is 5.95. The molecule has 156 valence electrons. The minimum Gasteiger partial charge on any atom is -0.493 e. The summed E-state index contributed by atoms with van der Waals surface area (Å²) in [7, 11) is 3.17. The van der Waals surface area contributed by atoms with Gasteiger partial charge in [-0.3, -0.25) is 9.69 Å². The van der Waals surface area contributed by atoms with Gasteiger partial charge >= 0.3 is 0 Å². The molecule has 0 aliphatic heterocycles. The number of hydrogen-bond acceptors (Lipinski definition) is 4. The summed E-state index contributed by atoms with van der Waals surface area (Å²) in [6.07, 6.45) is 2.37. The summed E-state index contributed by atoms with van der Waals surface area (Å²) in [5.41, 5.74) is 2.61. The van der Waals surface area contributed by atoms with E-state index in [9.17, 15) is 4.79 Å². The van der Waals surface area contributed by atoms with Gasteiger partial charge in [0.05, 0.1) is 20.3 Å². The number of carbonyl (C=O) groups is 1. The summed E-state index contributed by atoms with van der Waals surface area (Å²) < 4.78 is 10.9. The van der Waals surface area contributed by atoms with Crippen LogP contribution >= 0.6 is 0 Å². The molecule has 1 amide bonds. The van der Waals surface area contributed by atoms with Crippen LogP contribution in [0.2, 0.25) is 0 Å². The van der Waals surface area contributed by atoms with Crippen LogP contribution in [0.3, 0.4) is 0 Å². The number of methoxy groups -OCH3 is 2. The normalized spacial score (nSPS) is 11.8. The monoisotopic (exact) mass is 396 g/mol. The lowest BCUT2D eigenvalue weighted by Crippen LogP contribution is -2.38. The molecule has 0 saturated heterocycles. The van der Waals surface area contributed by atoms with Crippen LogP contribution in [0.25, 0.3) is 0 Å². The van der Waals surface area contributed by atoms with Crippen molar-refractivity contribution in [2.75, 3.05) is 33.9 Å². The molecule has 2 aromatic rings. The van der Waals surface area contributed by atoms with Crippen molar-refractivity contribution in [3.63, 3.8) is 0 Å². The Balaban J connectivity index is 2.25. The summed E-state index contributed by atoms with van der Waals surface area (Å²) in [6.45, 7) is 10.4. The average Bonchev–Trinajstić information content (AvgIpc) is 2.76. The molecule has 0 aliphatic carbocycles. The standard InChI is InChI=1S/C24H32N2O3/c1-6-12-19-15-20(16-22(28-4)23(19)29-5)24(27)25-17-21(26(7-2)8-3)18-13-10-9-11-14-18/h6,9-11,13-16,21H,1,7-8,12,17H2,2-5H3,(H,25,27). The Bertz CT molecular complexity index is 801. The number of hydrogen-bond donors (Lipinski definition) is 1. The molecule has 0 bridgehead atoms. The molecule has 1 unspecified atom stereocenters. The molecule has 0 heterocycles. The van der Waals surface area contributed by atoms with E-state index in [4.69, 9.17) is 9.47 Å². The third-order valence-corrected chi connectivity index (χ3v) is 5.08. The zero-order valence-electron chi connectivity index (χ0n) is 17.9. The van der Waals surface area contributed by atoms with Gasteiger partial charge in [-0.25, -0.2) is 0 Å². The summed E-state index contributed by atoms with van der Waals surface area (Å²) in [5.74, 6) is 1.04. The first-order chi connectivity index (χ1) is 14.1. The highest BCUT2D eigenvalue weighted by atomic mass is 16.5. The fraction of sp³-hybridized carbons (Fsp3) is 0.375. The average molecular weight is 397 g/mol. The van der Waals surface area contributed by atoms with Crippen molar-refractivity contribution >= 4 is 5.91 Å². The van der Waals surface area contributed by atoms with Gasteiger partial charge in [0.25, 0.3) is 5.91 Å². The van der Waals surface area contributed by atoms with Gasteiger partial charge < -0.3 is 14.8 Å². The van der Waals surface area contributed by atoms with E-state index in [1.54, 1.807) is 26.4 Å². The van der Waals surface area contributed by atoms with Gasteiger partial charge in [-0.2, -0.15) is 0 Å². The lowest BCUT2D eigenvalue weighted by Gasteiger charge is -2.30. The van der Waals surface area contributed by atoms with E-state index in [2.05, 4.69) is 42.8 Å². The van der Waals surface area contributed by atoms with Crippen molar-refractivity contribution in [1.82, 2.24) is 10.2 Å².